The molecular weight excluding hydrogens is 345 g/mol. The largest absolute Gasteiger partial charge is 0.416 e. The van der Waals surface area contributed by atoms with E-state index < -0.39 is 17.6 Å². The SMILES string of the molecule is COCc1cnccc1C(=O)Nc1cc(C(F)(F)F)ccc1C1CCC1. The number of methoxy groups -OCH3 is 1. The van der Waals surface area contributed by atoms with Gasteiger partial charge in [-0.05, 0) is 42.5 Å². The molecule has 0 spiro atoms. The van der Waals surface area contributed by atoms with Gasteiger partial charge in [0.1, 0.15) is 0 Å². The van der Waals surface area contributed by atoms with Crippen molar-refractivity contribution in [2.24, 2.45) is 0 Å². The monoisotopic (exact) mass is 364 g/mol. The number of ether oxygens (including phenoxy) is 1. The van der Waals surface area contributed by atoms with Crippen molar-refractivity contribution in [3.63, 3.8) is 0 Å². The molecule has 3 rings (SSSR count). The molecule has 1 saturated carbocycles. The van der Waals surface area contributed by atoms with Gasteiger partial charge in [-0.15, -0.1) is 0 Å². The second kappa shape index (κ2) is 7.45. The number of benzene rings is 1. The topological polar surface area (TPSA) is 51.2 Å². The molecule has 2 aromatic rings. The molecule has 0 atom stereocenters. The third-order valence-electron chi connectivity index (χ3n) is 4.62. The second-order valence-electron chi connectivity index (χ2n) is 6.35. The van der Waals surface area contributed by atoms with Crippen molar-refractivity contribution in [3.8, 4) is 0 Å². The zero-order valence-corrected chi connectivity index (χ0v) is 14.3. The van der Waals surface area contributed by atoms with Crippen LogP contribution in [-0.4, -0.2) is 18.0 Å². The van der Waals surface area contributed by atoms with Gasteiger partial charge >= 0.3 is 6.18 Å². The molecule has 0 saturated heterocycles. The Bertz CT molecular complexity index is 802. The molecule has 138 valence electrons. The number of nitrogens with zero attached hydrogens (tertiary/aromatic N) is 1. The van der Waals surface area contributed by atoms with Crippen molar-refractivity contribution in [3.05, 3.63) is 58.9 Å². The van der Waals surface area contributed by atoms with Crippen LogP contribution in [0.2, 0.25) is 0 Å². The lowest BCUT2D eigenvalue weighted by atomic mass is 9.79. The van der Waals surface area contributed by atoms with Crippen molar-refractivity contribution in [1.82, 2.24) is 4.98 Å². The molecule has 1 aromatic heterocycles. The van der Waals surface area contributed by atoms with Crippen molar-refractivity contribution in [2.45, 2.75) is 38.0 Å². The van der Waals surface area contributed by atoms with E-state index in [1.54, 1.807) is 0 Å². The maximum atomic E-state index is 13.1. The molecule has 1 amide bonds. The minimum Gasteiger partial charge on any atom is -0.380 e. The van der Waals surface area contributed by atoms with Crippen molar-refractivity contribution in [2.75, 3.05) is 12.4 Å². The first-order valence-corrected chi connectivity index (χ1v) is 8.34. The van der Waals surface area contributed by atoms with Crippen molar-refractivity contribution < 1.29 is 22.7 Å². The van der Waals surface area contributed by atoms with Crippen LogP contribution < -0.4 is 5.32 Å². The molecule has 0 radical (unpaired) electrons. The van der Waals surface area contributed by atoms with Gasteiger partial charge in [0.25, 0.3) is 5.91 Å². The summed E-state index contributed by atoms with van der Waals surface area (Å²) in [5, 5.41) is 2.66. The first-order valence-electron chi connectivity index (χ1n) is 8.34. The van der Waals surface area contributed by atoms with Crippen molar-refractivity contribution in [1.29, 1.82) is 0 Å². The van der Waals surface area contributed by atoms with Crippen LogP contribution in [0.1, 0.15) is 52.2 Å². The van der Waals surface area contributed by atoms with Crippen LogP contribution in [0.15, 0.2) is 36.7 Å². The Morgan fingerprint density at radius 3 is 2.69 bits per heavy atom. The lowest BCUT2D eigenvalue weighted by molar-refractivity contribution is -0.137. The molecule has 1 aliphatic rings. The number of carbonyl (C=O) groups excluding carboxylic acids is 1. The molecule has 1 aromatic carbocycles. The Labute approximate surface area is 149 Å². The minimum atomic E-state index is -4.46. The van der Waals surface area contributed by atoms with Gasteiger partial charge in [-0.2, -0.15) is 13.2 Å². The van der Waals surface area contributed by atoms with E-state index in [0.29, 0.717) is 11.1 Å². The van der Waals surface area contributed by atoms with E-state index in [9.17, 15) is 18.0 Å². The van der Waals surface area contributed by atoms with Crippen LogP contribution >= 0.6 is 0 Å². The fourth-order valence-electron chi connectivity index (χ4n) is 3.02. The van der Waals surface area contributed by atoms with Crippen LogP contribution in [0.3, 0.4) is 0 Å². The number of alkyl halides is 3. The van der Waals surface area contributed by atoms with E-state index in [1.807, 2.05) is 0 Å². The molecule has 0 unspecified atom stereocenters. The number of hydrogen-bond donors (Lipinski definition) is 1. The maximum absolute atomic E-state index is 13.1. The molecular formula is C19H19F3N2O2. The summed E-state index contributed by atoms with van der Waals surface area (Å²) in [4.78, 5) is 16.6. The average Bonchev–Trinajstić information content (AvgIpc) is 2.54. The Balaban J connectivity index is 1.93. The Hall–Kier alpha value is -2.41. The summed E-state index contributed by atoms with van der Waals surface area (Å²) in [5.41, 5.74) is 1.10. The van der Waals surface area contributed by atoms with Crippen LogP contribution in [0.5, 0.6) is 0 Å². The number of amides is 1. The predicted octanol–water partition coefficient (Wildman–Crippen LogP) is 4.77. The summed E-state index contributed by atoms with van der Waals surface area (Å²) < 4.78 is 44.3. The molecule has 1 fully saturated rings. The van der Waals surface area contributed by atoms with Gasteiger partial charge in [-0.25, -0.2) is 0 Å². The highest BCUT2D eigenvalue weighted by molar-refractivity contribution is 6.05. The zero-order chi connectivity index (χ0) is 18.7. The fourth-order valence-corrected chi connectivity index (χ4v) is 3.02. The number of rotatable bonds is 5. The third kappa shape index (κ3) is 3.88. The summed E-state index contributed by atoms with van der Waals surface area (Å²) in [6.07, 6.45) is 1.39. The lowest BCUT2D eigenvalue weighted by Crippen LogP contribution is -2.19. The molecule has 1 heterocycles. The van der Waals surface area contributed by atoms with Gasteiger partial charge in [-0.1, -0.05) is 12.5 Å². The number of nitrogens with one attached hydrogen (secondary N) is 1. The Morgan fingerprint density at radius 2 is 2.08 bits per heavy atom. The molecule has 7 heteroatoms. The maximum Gasteiger partial charge on any atom is 0.416 e. The number of anilines is 1. The van der Waals surface area contributed by atoms with Gasteiger partial charge < -0.3 is 10.1 Å². The zero-order valence-electron chi connectivity index (χ0n) is 14.3. The number of halogens is 3. The molecule has 0 bridgehead atoms. The highest BCUT2D eigenvalue weighted by Gasteiger charge is 2.32. The quantitative estimate of drug-likeness (QED) is 0.832. The summed E-state index contributed by atoms with van der Waals surface area (Å²) >= 11 is 0. The third-order valence-corrected chi connectivity index (χ3v) is 4.62. The first-order chi connectivity index (χ1) is 12.4. The molecule has 1 N–H and O–H groups in total. The van der Waals surface area contributed by atoms with Gasteiger partial charge in [-0.3, -0.25) is 9.78 Å². The van der Waals surface area contributed by atoms with E-state index in [2.05, 4.69) is 10.3 Å². The summed E-state index contributed by atoms with van der Waals surface area (Å²) in [7, 11) is 1.50. The minimum absolute atomic E-state index is 0.184. The summed E-state index contributed by atoms with van der Waals surface area (Å²) in [5.74, 6) is -0.289. The number of pyridine rings is 1. The Kier molecular flexibility index (Phi) is 5.27. The van der Waals surface area contributed by atoms with E-state index in [4.69, 9.17) is 4.74 Å². The smallest absolute Gasteiger partial charge is 0.380 e. The normalized spacial score (nSPS) is 14.8. The lowest BCUT2D eigenvalue weighted by Gasteiger charge is -2.28. The van der Waals surface area contributed by atoms with Gasteiger partial charge in [0.05, 0.1) is 12.2 Å². The van der Waals surface area contributed by atoms with E-state index in [0.717, 1.165) is 37.0 Å². The Morgan fingerprint density at radius 1 is 1.31 bits per heavy atom. The van der Waals surface area contributed by atoms with Gasteiger partial charge in [0.15, 0.2) is 0 Å². The van der Waals surface area contributed by atoms with Crippen LogP contribution in [-0.2, 0) is 17.5 Å². The number of carbonyl (C=O) groups is 1. The van der Waals surface area contributed by atoms with Crippen molar-refractivity contribution >= 4 is 11.6 Å². The van der Waals surface area contributed by atoms with Crippen LogP contribution in [0.4, 0.5) is 18.9 Å². The number of aromatic nitrogens is 1. The fraction of sp³-hybridized carbons (Fsp3) is 0.368. The first kappa shape index (κ1) is 18.4. The van der Waals surface area contributed by atoms with E-state index in [-0.39, 0.29) is 18.2 Å². The standard InChI is InChI=1S/C19H19F3N2O2/c1-26-11-13-10-23-8-7-16(13)18(25)24-17-9-14(19(20,21)22)5-6-15(17)12-3-2-4-12/h5-10,12H,2-4,11H2,1H3,(H,24,25). The van der Waals surface area contributed by atoms with Crippen LogP contribution in [0, 0.1) is 0 Å². The predicted molar refractivity (Wildman–Crippen MR) is 90.9 cm³/mol. The summed E-state index contributed by atoms with van der Waals surface area (Å²) in [6, 6.07) is 5.10. The van der Waals surface area contributed by atoms with Crippen LogP contribution in [0.25, 0.3) is 0 Å². The van der Waals surface area contributed by atoms with E-state index in [1.165, 1.54) is 31.6 Å². The molecule has 1 aliphatic carbocycles. The molecule has 26 heavy (non-hydrogen) atoms. The average molecular weight is 364 g/mol. The van der Waals surface area contributed by atoms with Gasteiger partial charge in [0, 0.05) is 36.3 Å². The second-order valence-corrected chi connectivity index (χ2v) is 6.35. The highest BCUT2D eigenvalue weighted by Crippen LogP contribution is 2.42. The van der Waals surface area contributed by atoms with Gasteiger partial charge in [0.2, 0.25) is 0 Å². The molecule has 4 nitrogen and oxygen atoms in total. The highest BCUT2D eigenvalue weighted by atomic mass is 19.4. The molecule has 0 aliphatic heterocycles. The number of hydrogen-bond acceptors (Lipinski definition) is 3. The van der Waals surface area contributed by atoms with E-state index >= 15 is 0 Å². The summed E-state index contributed by atoms with van der Waals surface area (Å²) in [6.45, 7) is 0.189.